The van der Waals surface area contributed by atoms with Crippen molar-refractivity contribution in [2.45, 2.75) is 80.4 Å². The van der Waals surface area contributed by atoms with Crippen LogP contribution in [0.25, 0.3) is 0 Å². The molecule has 6 amide bonds. The highest BCUT2D eigenvalue weighted by Gasteiger charge is 2.72. The molecule has 2 saturated heterocycles. The summed E-state index contributed by atoms with van der Waals surface area (Å²) in [5.41, 5.74) is 1.15. The van der Waals surface area contributed by atoms with Crippen LogP contribution in [0.2, 0.25) is 10.0 Å². The number of imide groups is 1. The topological polar surface area (TPSA) is 166 Å². The molecule has 4 aliphatic heterocycles. The molecule has 5 aliphatic rings. The fraction of sp³-hybridized carbons (Fsp3) is 0.289. The number of carbonyl (C=O) groups is 6. The number of carbonyl (C=O) groups excluding carboxylic acids is 6. The van der Waals surface area contributed by atoms with Crippen LogP contribution in [-0.4, -0.2) is 58.0 Å². The van der Waals surface area contributed by atoms with Crippen LogP contribution in [0.4, 0.5) is 15.8 Å². The second-order valence-corrected chi connectivity index (χ2v) is 16.7. The van der Waals surface area contributed by atoms with Gasteiger partial charge in [0.25, 0.3) is 11.8 Å². The van der Waals surface area contributed by atoms with Crippen LogP contribution in [0.3, 0.4) is 0 Å². The Balaban J connectivity index is 0.950. The van der Waals surface area contributed by atoms with E-state index >= 15 is 4.39 Å². The second-order valence-electron chi connectivity index (χ2n) is 15.8. The number of halogens is 3. The fourth-order valence-corrected chi connectivity index (χ4v) is 10.4. The van der Waals surface area contributed by atoms with Crippen LogP contribution in [0.5, 0.6) is 0 Å². The molecule has 4 atom stereocenters. The van der Waals surface area contributed by atoms with E-state index in [4.69, 9.17) is 23.2 Å². The summed E-state index contributed by atoms with van der Waals surface area (Å²) in [6.45, 7) is 0.134. The van der Waals surface area contributed by atoms with E-state index in [-0.39, 0.29) is 53.3 Å². The minimum absolute atomic E-state index is 0.126. The second kappa shape index (κ2) is 15.2. The van der Waals surface area contributed by atoms with Crippen molar-refractivity contribution < 1.29 is 33.2 Å². The average molecular weight is 848 g/mol. The Hall–Kier alpha value is -6.07. The van der Waals surface area contributed by atoms with Crippen molar-refractivity contribution >= 4 is 70.0 Å². The number of nitrogens with zero attached hydrogens (tertiary/aromatic N) is 1. The molecule has 60 heavy (non-hydrogen) atoms. The first kappa shape index (κ1) is 39.4. The van der Waals surface area contributed by atoms with Crippen LogP contribution in [-0.2, 0) is 31.1 Å². The molecule has 1 unspecified atom stereocenters. The van der Waals surface area contributed by atoms with Gasteiger partial charge in [-0.25, -0.2) is 4.39 Å². The largest absolute Gasteiger partial charge is 0.325 e. The Morgan fingerprint density at radius 1 is 0.900 bits per heavy atom. The van der Waals surface area contributed by atoms with Crippen LogP contribution < -0.4 is 26.6 Å². The van der Waals surface area contributed by atoms with Gasteiger partial charge >= 0.3 is 0 Å². The minimum atomic E-state index is -1.38. The highest BCUT2D eigenvalue weighted by molar-refractivity contribution is 6.31. The number of hydrogen-bond donors (Lipinski definition) is 5. The van der Waals surface area contributed by atoms with Crippen LogP contribution >= 0.6 is 23.2 Å². The molecule has 1 saturated carbocycles. The summed E-state index contributed by atoms with van der Waals surface area (Å²) < 4.78 is 16.2. The summed E-state index contributed by atoms with van der Waals surface area (Å²) in [6.07, 6.45) is 4.07. The standard InChI is InChI=1S/C45H37Cl2FN6O6/c46-26-12-15-31-33(22-26)51-43(60)45(31)36(29-8-5-9-32(47)37(29)48)38(53-44(45)19-2-1-3-20-44)41(58)50-27-13-10-25(11-14-27)39(56)49-21-18-24-6-4-7-28-30(24)23-54(42(28)59)34-16-17-35(55)52-40(34)57/h4-15,22,34,36,38,53H,1-3,16-17,19-20,23H2,(H,49,56)(H,50,58)(H,51,60)(H,52,55,57)/t34?,36-,38+,45+/m0/s1. The Bertz CT molecular complexity index is 2600. The van der Waals surface area contributed by atoms with Gasteiger partial charge in [-0.15, -0.1) is 0 Å². The highest BCUT2D eigenvalue weighted by Crippen LogP contribution is 2.63. The molecule has 3 fully saturated rings. The van der Waals surface area contributed by atoms with Crippen molar-refractivity contribution in [3.63, 3.8) is 0 Å². The lowest BCUT2D eigenvalue weighted by atomic mass is 9.55. The third-order valence-corrected chi connectivity index (χ3v) is 13.2. The monoisotopic (exact) mass is 846 g/mol. The lowest BCUT2D eigenvalue weighted by molar-refractivity contribution is -0.137. The molecule has 0 bridgehead atoms. The van der Waals surface area contributed by atoms with Gasteiger partial charge in [-0.05, 0) is 96.5 Å². The summed E-state index contributed by atoms with van der Waals surface area (Å²) in [7, 11) is 0. The lowest BCUT2D eigenvalue weighted by Crippen LogP contribution is -2.60. The summed E-state index contributed by atoms with van der Waals surface area (Å²) in [4.78, 5) is 81.0. The Morgan fingerprint density at radius 3 is 2.43 bits per heavy atom. The zero-order valence-electron chi connectivity index (χ0n) is 31.9. The zero-order valence-corrected chi connectivity index (χ0v) is 33.4. The Morgan fingerprint density at radius 2 is 1.67 bits per heavy atom. The van der Waals surface area contributed by atoms with Gasteiger partial charge in [0, 0.05) is 63.6 Å². The highest BCUT2D eigenvalue weighted by atomic mass is 35.5. The predicted molar refractivity (Wildman–Crippen MR) is 221 cm³/mol. The molecule has 12 nitrogen and oxygen atoms in total. The summed E-state index contributed by atoms with van der Waals surface area (Å²) >= 11 is 12.7. The van der Waals surface area contributed by atoms with Gasteiger partial charge in [-0.3, -0.25) is 44.7 Å². The molecule has 15 heteroatoms. The number of anilines is 2. The third-order valence-electron chi connectivity index (χ3n) is 12.7. The van der Waals surface area contributed by atoms with Gasteiger partial charge in [0.1, 0.15) is 17.3 Å². The number of benzene rings is 4. The zero-order chi connectivity index (χ0) is 41.9. The average Bonchev–Trinajstić information content (AvgIpc) is 3.83. The molecule has 304 valence electrons. The maximum absolute atomic E-state index is 16.2. The van der Waals surface area contributed by atoms with Crippen molar-refractivity contribution in [1.82, 2.24) is 20.9 Å². The number of piperidine rings is 1. The number of hydrogen-bond acceptors (Lipinski definition) is 7. The van der Waals surface area contributed by atoms with E-state index in [0.29, 0.717) is 51.5 Å². The fourth-order valence-electron chi connectivity index (χ4n) is 10.1. The molecule has 2 spiro atoms. The van der Waals surface area contributed by atoms with E-state index in [1.54, 1.807) is 60.7 Å². The predicted octanol–water partition coefficient (Wildman–Crippen LogP) is 5.92. The Labute approximate surface area is 353 Å². The van der Waals surface area contributed by atoms with Gasteiger partial charge < -0.3 is 15.5 Å². The maximum Gasteiger partial charge on any atom is 0.262 e. The van der Waals surface area contributed by atoms with E-state index < -0.39 is 52.5 Å². The first-order chi connectivity index (χ1) is 28.9. The number of amides is 6. The van der Waals surface area contributed by atoms with Gasteiger partial charge in [0.2, 0.25) is 23.6 Å². The number of nitrogens with one attached hydrogen (secondary N) is 5. The molecule has 0 aromatic heterocycles. The lowest BCUT2D eigenvalue weighted by Gasteiger charge is -2.47. The normalized spacial score (nSPS) is 23.7. The quantitative estimate of drug-likeness (QED) is 0.0946. The van der Waals surface area contributed by atoms with E-state index in [2.05, 4.69) is 38.5 Å². The molecule has 4 aromatic rings. The molecular weight excluding hydrogens is 810 g/mol. The summed E-state index contributed by atoms with van der Waals surface area (Å²) in [5.74, 6) is -1.37. The minimum Gasteiger partial charge on any atom is -0.325 e. The van der Waals surface area contributed by atoms with Gasteiger partial charge in [-0.1, -0.05) is 66.7 Å². The molecular formula is C45H37Cl2FN6O6. The van der Waals surface area contributed by atoms with Crippen molar-refractivity contribution in [3.8, 4) is 12.0 Å². The van der Waals surface area contributed by atoms with Crippen LogP contribution in [0.1, 0.15) is 93.8 Å². The van der Waals surface area contributed by atoms with Gasteiger partial charge in [0.15, 0.2) is 0 Å². The molecule has 4 aromatic carbocycles. The number of fused-ring (bicyclic) bond motifs is 4. The number of rotatable bonds is 5. The molecule has 4 heterocycles. The third kappa shape index (κ3) is 6.33. The van der Waals surface area contributed by atoms with E-state index in [1.807, 2.05) is 0 Å². The van der Waals surface area contributed by atoms with Crippen molar-refractivity contribution in [1.29, 1.82) is 0 Å². The maximum atomic E-state index is 16.2. The van der Waals surface area contributed by atoms with Crippen molar-refractivity contribution in [3.05, 3.63) is 128 Å². The van der Waals surface area contributed by atoms with Crippen LogP contribution in [0.15, 0.2) is 78.9 Å². The summed E-state index contributed by atoms with van der Waals surface area (Å²) in [6, 6.07) is 21.8. The molecule has 0 radical (unpaired) electrons. The van der Waals surface area contributed by atoms with Crippen LogP contribution in [0, 0.1) is 17.8 Å². The van der Waals surface area contributed by atoms with Crippen molar-refractivity contribution in [2.75, 3.05) is 10.6 Å². The van der Waals surface area contributed by atoms with E-state index in [1.165, 1.54) is 23.1 Å². The first-order valence-electron chi connectivity index (χ1n) is 19.7. The molecule has 5 N–H and O–H groups in total. The SMILES string of the molecule is O=C1CCC(N2Cc3c(C#CNC(=O)c4ccc(NC(=O)[C@@H]5NC6(CCCCC6)[C@@]6(C(=O)Nc7cc(Cl)ccc76)[C@H]5c5cccc(Cl)c5F)cc4)cccc3C2=O)C(=O)N1. The van der Waals surface area contributed by atoms with Gasteiger partial charge in [-0.2, -0.15) is 0 Å². The summed E-state index contributed by atoms with van der Waals surface area (Å²) in [5, 5.41) is 14.7. The van der Waals surface area contributed by atoms with E-state index in [0.717, 1.165) is 19.3 Å². The van der Waals surface area contributed by atoms with Crippen molar-refractivity contribution in [2.24, 2.45) is 0 Å². The molecule has 9 rings (SSSR count). The van der Waals surface area contributed by atoms with Gasteiger partial charge in [0.05, 0.1) is 11.1 Å². The smallest absolute Gasteiger partial charge is 0.262 e. The Kier molecular flexibility index (Phi) is 9.97. The first-order valence-corrected chi connectivity index (χ1v) is 20.5. The molecule has 1 aliphatic carbocycles. The van der Waals surface area contributed by atoms with E-state index in [9.17, 15) is 28.8 Å².